The van der Waals surface area contributed by atoms with E-state index in [0.29, 0.717) is 12.7 Å². The van der Waals surface area contributed by atoms with Crippen LogP contribution >= 0.6 is 0 Å². The summed E-state index contributed by atoms with van der Waals surface area (Å²) < 4.78 is 10.9. The second-order valence-corrected chi connectivity index (χ2v) is 6.08. The third-order valence-electron chi connectivity index (χ3n) is 4.59. The van der Waals surface area contributed by atoms with E-state index in [1.807, 2.05) is 12.1 Å². The van der Waals surface area contributed by atoms with E-state index in [0.717, 1.165) is 49.4 Å². The molecule has 1 aromatic carbocycles. The average molecular weight is 291 g/mol. The highest BCUT2D eigenvalue weighted by Crippen LogP contribution is 2.35. The summed E-state index contributed by atoms with van der Waals surface area (Å²) in [6, 6.07) is 6.02. The SMILES string of the molecule is OC1CCCCC1CCCNCc1cccc2c1OCO2. The Bertz CT molecular complexity index is 463. The summed E-state index contributed by atoms with van der Waals surface area (Å²) in [6.07, 6.45) is 6.83. The van der Waals surface area contributed by atoms with Gasteiger partial charge in [0.1, 0.15) is 0 Å². The second kappa shape index (κ2) is 7.14. The van der Waals surface area contributed by atoms with Crippen molar-refractivity contribution in [1.29, 1.82) is 0 Å². The number of nitrogens with one attached hydrogen (secondary N) is 1. The summed E-state index contributed by atoms with van der Waals surface area (Å²) in [5.41, 5.74) is 1.16. The minimum Gasteiger partial charge on any atom is -0.454 e. The maximum atomic E-state index is 9.96. The van der Waals surface area contributed by atoms with Crippen LogP contribution in [0.4, 0.5) is 0 Å². The third kappa shape index (κ3) is 3.69. The van der Waals surface area contributed by atoms with Crippen LogP contribution in [0.25, 0.3) is 0 Å². The highest BCUT2D eigenvalue weighted by Gasteiger charge is 2.22. The van der Waals surface area contributed by atoms with Crippen LogP contribution in [-0.4, -0.2) is 24.5 Å². The van der Waals surface area contributed by atoms with Gasteiger partial charge in [-0.25, -0.2) is 0 Å². The van der Waals surface area contributed by atoms with Gasteiger partial charge in [-0.05, 0) is 44.2 Å². The standard InChI is InChI=1S/C17H25NO3/c19-15-8-2-1-5-13(15)7-4-10-18-11-14-6-3-9-16-17(14)21-12-20-16/h3,6,9,13,15,18-19H,1-2,4-5,7-8,10-12H2. The van der Waals surface area contributed by atoms with Gasteiger partial charge < -0.3 is 19.9 Å². The van der Waals surface area contributed by atoms with Crippen LogP contribution in [0.1, 0.15) is 44.1 Å². The fourth-order valence-electron chi connectivity index (χ4n) is 3.37. The van der Waals surface area contributed by atoms with Crippen molar-refractivity contribution in [3.8, 4) is 11.5 Å². The molecule has 2 aliphatic rings. The number of hydrogen-bond acceptors (Lipinski definition) is 4. The van der Waals surface area contributed by atoms with Crippen molar-refractivity contribution in [3.05, 3.63) is 23.8 Å². The molecular formula is C17H25NO3. The zero-order valence-electron chi connectivity index (χ0n) is 12.5. The van der Waals surface area contributed by atoms with Gasteiger partial charge in [0, 0.05) is 12.1 Å². The topological polar surface area (TPSA) is 50.7 Å². The zero-order valence-corrected chi connectivity index (χ0v) is 12.5. The summed E-state index contributed by atoms with van der Waals surface area (Å²) in [5.74, 6) is 2.24. The first-order valence-corrected chi connectivity index (χ1v) is 8.11. The monoisotopic (exact) mass is 291 g/mol. The number of benzene rings is 1. The van der Waals surface area contributed by atoms with Gasteiger partial charge in [-0.3, -0.25) is 0 Å². The molecule has 2 unspecified atom stereocenters. The maximum Gasteiger partial charge on any atom is 0.231 e. The van der Waals surface area contributed by atoms with Crippen LogP contribution < -0.4 is 14.8 Å². The molecule has 1 fully saturated rings. The van der Waals surface area contributed by atoms with Gasteiger partial charge in [-0.1, -0.05) is 25.0 Å². The summed E-state index contributed by atoms with van der Waals surface area (Å²) >= 11 is 0. The Balaban J connectivity index is 1.38. The van der Waals surface area contributed by atoms with E-state index in [4.69, 9.17) is 9.47 Å². The molecule has 1 aliphatic carbocycles. The number of fused-ring (bicyclic) bond motifs is 1. The van der Waals surface area contributed by atoms with Crippen LogP contribution in [0.15, 0.2) is 18.2 Å². The molecule has 1 aromatic rings. The van der Waals surface area contributed by atoms with Crippen LogP contribution in [-0.2, 0) is 6.54 Å². The molecule has 1 heterocycles. The molecule has 0 bridgehead atoms. The van der Waals surface area contributed by atoms with Gasteiger partial charge in [-0.15, -0.1) is 0 Å². The molecule has 3 rings (SSSR count). The summed E-state index contributed by atoms with van der Waals surface area (Å²) in [4.78, 5) is 0. The Morgan fingerprint density at radius 3 is 3.00 bits per heavy atom. The van der Waals surface area contributed by atoms with E-state index in [1.165, 1.54) is 19.3 Å². The molecule has 0 spiro atoms. The molecule has 1 aliphatic heterocycles. The lowest BCUT2D eigenvalue weighted by molar-refractivity contribution is 0.0643. The normalized spacial score (nSPS) is 24.2. The van der Waals surface area contributed by atoms with Gasteiger partial charge in [0.05, 0.1) is 6.10 Å². The van der Waals surface area contributed by atoms with Crippen LogP contribution in [0.3, 0.4) is 0 Å². The summed E-state index contributed by atoms with van der Waals surface area (Å²) in [6.45, 7) is 2.11. The largest absolute Gasteiger partial charge is 0.454 e. The second-order valence-electron chi connectivity index (χ2n) is 6.08. The highest BCUT2D eigenvalue weighted by molar-refractivity contribution is 5.48. The molecule has 0 saturated heterocycles. The minimum atomic E-state index is -0.0679. The predicted molar refractivity (Wildman–Crippen MR) is 81.5 cm³/mol. The van der Waals surface area contributed by atoms with E-state index >= 15 is 0 Å². The average Bonchev–Trinajstić information content (AvgIpc) is 2.98. The number of ether oxygens (including phenoxy) is 2. The smallest absolute Gasteiger partial charge is 0.231 e. The van der Waals surface area contributed by atoms with E-state index in [9.17, 15) is 5.11 Å². The Morgan fingerprint density at radius 2 is 2.10 bits per heavy atom. The van der Waals surface area contributed by atoms with Gasteiger partial charge in [0.2, 0.25) is 6.79 Å². The Labute approximate surface area is 126 Å². The molecule has 0 aromatic heterocycles. The van der Waals surface area contributed by atoms with Crippen molar-refractivity contribution in [1.82, 2.24) is 5.32 Å². The molecule has 4 nitrogen and oxygen atoms in total. The lowest BCUT2D eigenvalue weighted by Crippen LogP contribution is -2.25. The van der Waals surface area contributed by atoms with Gasteiger partial charge in [0.15, 0.2) is 11.5 Å². The fraction of sp³-hybridized carbons (Fsp3) is 0.647. The van der Waals surface area contributed by atoms with Crippen molar-refractivity contribution in [2.75, 3.05) is 13.3 Å². The van der Waals surface area contributed by atoms with Crippen molar-refractivity contribution in [2.45, 2.75) is 51.2 Å². The molecule has 21 heavy (non-hydrogen) atoms. The number of rotatable bonds is 6. The number of para-hydroxylation sites is 1. The Kier molecular flexibility index (Phi) is 4.99. The highest BCUT2D eigenvalue weighted by atomic mass is 16.7. The predicted octanol–water partition coefficient (Wildman–Crippen LogP) is 2.84. The van der Waals surface area contributed by atoms with Crippen LogP contribution in [0, 0.1) is 5.92 Å². The van der Waals surface area contributed by atoms with Crippen LogP contribution in [0.5, 0.6) is 11.5 Å². The van der Waals surface area contributed by atoms with E-state index in [2.05, 4.69) is 11.4 Å². The van der Waals surface area contributed by atoms with Gasteiger partial charge >= 0.3 is 0 Å². The minimum absolute atomic E-state index is 0.0679. The van der Waals surface area contributed by atoms with E-state index in [1.54, 1.807) is 0 Å². The first-order chi connectivity index (χ1) is 10.3. The first kappa shape index (κ1) is 14.7. The maximum absolute atomic E-state index is 9.96. The van der Waals surface area contributed by atoms with Crippen molar-refractivity contribution in [3.63, 3.8) is 0 Å². The Morgan fingerprint density at radius 1 is 1.19 bits per heavy atom. The van der Waals surface area contributed by atoms with Gasteiger partial charge in [-0.2, -0.15) is 0 Å². The summed E-state index contributed by atoms with van der Waals surface area (Å²) in [7, 11) is 0. The lowest BCUT2D eigenvalue weighted by atomic mass is 9.83. The third-order valence-corrected chi connectivity index (χ3v) is 4.59. The number of aliphatic hydroxyl groups excluding tert-OH is 1. The van der Waals surface area contributed by atoms with E-state index < -0.39 is 0 Å². The van der Waals surface area contributed by atoms with E-state index in [-0.39, 0.29) is 6.10 Å². The zero-order chi connectivity index (χ0) is 14.5. The first-order valence-electron chi connectivity index (χ1n) is 8.11. The molecular weight excluding hydrogens is 266 g/mol. The molecule has 2 N–H and O–H groups in total. The fourth-order valence-corrected chi connectivity index (χ4v) is 3.37. The number of hydrogen-bond donors (Lipinski definition) is 2. The van der Waals surface area contributed by atoms with Gasteiger partial charge in [0.25, 0.3) is 0 Å². The Hall–Kier alpha value is -1.26. The molecule has 2 atom stereocenters. The molecule has 1 saturated carbocycles. The quantitative estimate of drug-likeness (QED) is 0.791. The summed E-state index contributed by atoms with van der Waals surface area (Å²) in [5, 5.41) is 13.4. The van der Waals surface area contributed by atoms with Crippen molar-refractivity contribution in [2.24, 2.45) is 5.92 Å². The number of aliphatic hydroxyl groups is 1. The van der Waals surface area contributed by atoms with Crippen LogP contribution in [0.2, 0.25) is 0 Å². The molecule has 0 radical (unpaired) electrons. The lowest BCUT2D eigenvalue weighted by Gasteiger charge is -2.27. The van der Waals surface area contributed by atoms with Crippen molar-refractivity contribution < 1.29 is 14.6 Å². The molecule has 4 heteroatoms. The molecule has 0 amide bonds. The molecule has 116 valence electrons. The van der Waals surface area contributed by atoms with Crippen molar-refractivity contribution >= 4 is 0 Å².